The fraction of sp³-hybridized carbons (Fsp3) is 0.280. The van der Waals surface area contributed by atoms with Crippen molar-refractivity contribution in [1.29, 1.82) is 5.26 Å². The zero-order valence-corrected chi connectivity index (χ0v) is 20.1. The van der Waals surface area contributed by atoms with Crippen molar-refractivity contribution in [2.45, 2.75) is 33.0 Å². The van der Waals surface area contributed by atoms with Crippen LogP contribution < -0.4 is 15.0 Å². The van der Waals surface area contributed by atoms with Gasteiger partial charge < -0.3 is 15.0 Å². The van der Waals surface area contributed by atoms with Gasteiger partial charge in [0.1, 0.15) is 11.8 Å². The van der Waals surface area contributed by atoms with Gasteiger partial charge in [0.2, 0.25) is 0 Å². The summed E-state index contributed by atoms with van der Waals surface area (Å²) in [6.07, 6.45) is -3.15. The number of nitrogens with one attached hydrogen (secondary N) is 1. The zero-order chi connectivity index (χ0) is 26.6. The monoisotopic (exact) mass is 499 g/mol. The molecule has 0 aliphatic carbocycles. The van der Waals surface area contributed by atoms with Crippen molar-refractivity contribution in [2.24, 2.45) is 0 Å². The molecule has 0 radical (unpaired) electrons. The number of fused-ring (bicyclic) bond motifs is 1. The number of carbonyl (C=O) groups excluding carboxylic acids is 2. The lowest BCUT2D eigenvalue weighted by Gasteiger charge is -2.32. The summed E-state index contributed by atoms with van der Waals surface area (Å²) in [6, 6.07) is 10.3. The predicted octanol–water partition coefficient (Wildman–Crippen LogP) is 5.28. The van der Waals surface area contributed by atoms with Crippen LogP contribution in [0.5, 0.6) is 5.75 Å². The highest BCUT2D eigenvalue weighted by Crippen LogP contribution is 2.33. The molecule has 1 aliphatic heterocycles. The Bertz CT molecular complexity index is 1310. The van der Waals surface area contributed by atoms with Crippen molar-refractivity contribution in [3.8, 4) is 11.8 Å². The number of halogens is 3. The SMILES string of the molecule is CC.COc1ccc(C(=O)Nc2cnn3c2C(=O)N(c2ccc(C(F)(F)F)cc2)C[C@@H]3C)cc1C#N. The molecule has 0 bridgehead atoms. The highest BCUT2D eigenvalue weighted by molar-refractivity contribution is 6.13. The van der Waals surface area contributed by atoms with E-state index in [-0.39, 0.29) is 35.1 Å². The summed E-state index contributed by atoms with van der Waals surface area (Å²) in [4.78, 5) is 27.4. The molecule has 2 heterocycles. The third kappa shape index (κ3) is 5.02. The Morgan fingerprint density at radius 2 is 1.86 bits per heavy atom. The Morgan fingerprint density at radius 1 is 1.19 bits per heavy atom. The molecule has 2 aromatic carbocycles. The Hall–Kier alpha value is -4.33. The molecule has 0 saturated heterocycles. The van der Waals surface area contributed by atoms with Crippen molar-refractivity contribution in [3.63, 3.8) is 0 Å². The number of rotatable bonds is 4. The van der Waals surface area contributed by atoms with Crippen LogP contribution in [0.2, 0.25) is 0 Å². The van der Waals surface area contributed by atoms with E-state index < -0.39 is 23.6 Å². The maximum absolute atomic E-state index is 13.3. The molecule has 36 heavy (non-hydrogen) atoms. The number of aromatic nitrogens is 2. The minimum absolute atomic E-state index is 0.0982. The van der Waals surface area contributed by atoms with E-state index in [1.807, 2.05) is 19.9 Å². The molecule has 0 saturated carbocycles. The van der Waals surface area contributed by atoms with E-state index in [4.69, 9.17) is 4.74 Å². The molecule has 0 unspecified atom stereocenters. The van der Waals surface area contributed by atoms with E-state index in [1.165, 1.54) is 53.2 Å². The standard InChI is InChI=1S/C23H18F3N5O3.C2H6/c1-13-12-30(17-6-4-16(5-7-17)23(24,25)26)22(33)20-18(11-28-31(13)20)29-21(32)14-3-8-19(34-2)15(9-14)10-27;1-2/h3-9,11,13H,12H2,1-2H3,(H,29,32);1-2H3/t13-;/m0./s1. The Labute approximate surface area is 205 Å². The minimum Gasteiger partial charge on any atom is -0.495 e. The summed E-state index contributed by atoms with van der Waals surface area (Å²) in [5.41, 5.74) is 0.0683. The molecule has 1 atom stereocenters. The fourth-order valence-corrected chi connectivity index (χ4v) is 3.74. The van der Waals surface area contributed by atoms with E-state index >= 15 is 0 Å². The second kappa shape index (κ2) is 10.5. The van der Waals surface area contributed by atoms with Gasteiger partial charge >= 0.3 is 6.18 Å². The third-order valence-electron chi connectivity index (χ3n) is 5.44. The van der Waals surface area contributed by atoms with Gasteiger partial charge in [-0.2, -0.15) is 23.5 Å². The maximum Gasteiger partial charge on any atom is 0.416 e. The van der Waals surface area contributed by atoms with E-state index in [1.54, 1.807) is 6.92 Å². The number of carbonyl (C=O) groups is 2. The number of anilines is 2. The van der Waals surface area contributed by atoms with Gasteiger partial charge in [-0.1, -0.05) is 13.8 Å². The van der Waals surface area contributed by atoms with Gasteiger partial charge in [0, 0.05) is 17.8 Å². The van der Waals surface area contributed by atoms with Gasteiger partial charge in [0.25, 0.3) is 11.8 Å². The summed E-state index contributed by atoms with van der Waals surface area (Å²) in [7, 11) is 1.41. The molecule has 1 aromatic heterocycles. The average molecular weight is 499 g/mol. The first-order valence-electron chi connectivity index (χ1n) is 11.1. The number of ether oxygens (including phenoxy) is 1. The van der Waals surface area contributed by atoms with E-state index in [0.717, 1.165) is 12.1 Å². The largest absolute Gasteiger partial charge is 0.495 e. The molecule has 8 nitrogen and oxygen atoms in total. The summed E-state index contributed by atoms with van der Waals surface area (Å²) < 4.78 is 45.3. The lowest BCUT2D eigenvalue weighted by Crippen LogP contribution is -2.43. The van der Waals surface area contributed by atoms with Crippen LogP contribution >= 0.6 is 0 Å². The van der Waals surface area contributed by atoms with E-state index in [2.05, 4.69) is 10.4 Å². The fourth-order valence-electron chi connectivity index (χ4n) is 3.74. The number of alkyl halides is 3. The second-order valence-corrected chi connectivity index (χ2v) is 7.64. The molecular formula is C25H24F3N5O3. The summed E-state index contributed by atoms with van der Waals surface area (Å²) in [5.74, 6) is -0.765. The van der Waals surface area contributed by atoms with Crippen LogP contribution in [0.15, 0.2) is 48.7 Å². The van der Waals surface area contributed by atoms with Gasteiger partial charge in [0.05, 0.1) is 36.2 Å². The predicted molar refractivity (Wildman–Crippen MR) is 127 cm³/mol. The lowest BCUT2D eigenvalue weighted by molar-refractivity contribution is -0.137. The highest BCUT2D eigenvalue weighted by Gasteiger charge is 2.35. The number of benzene rings is 2. The molecule has 0 fully saturated rings. The van der Waals surface area contributed by atoms with Crippen molar-refractivity contribution >= 4 is 23.2 Å². The second-order valence-electron chi connectivity index (χ2n) is 7.64. The molecule has 1 N–H and O–H groups in total. The van der Waals surface area contributed by atoms with E-state index in [9.17, 15) is 28.0 Å². The van der Waals surface area contributed by atoms with Crippen LogP contribution in [-0.4, -0.2) is 35.2 Å². The Kier molecular flexibility index (Phi) is 7.68. The molecule has 4 rings (SSSR count). The third-order valence-corrected chi connectivity index (χ3v) is 5.44. The molecular weight excluding hydrogens is 475 g/mol. The molecule has 2 amide bonds. The van der Waals surface area contributed by atoms with Crippen molar-refractivity contribution in [3.05, 3.63) is 71.0 Å². The van der Waals surface area contributed by atoms with Gasteiger partial charge in [-0.25, -0.2) is 0 Å². The van der Waals surface area contributed by atoms with Crippen molar-refractivity contribution in [2.75, 3.05) is 23.9 Å². The Balaban J connectivity index is 0.00000176. The molecule has 1 aliphatic rings. The summed E-state index contributed by atoms with van der Waals surface area (Å²) >= 11 is 0. The van der Waals surface area contributed by atoms with Gasteiger partial charge in [-0.05, 0) is 49.4 Å². The maximum atomic E-state index is 13.3. The van der Waals surface area contributed by atoms with Crippen LogP contribution in [0.3, 0.4) is 0 Å². The van der Waals surface area contributed by atoms with Crippen LogP contribution in [0.4, 0.5) is 24.5 Å². The van der Waals surface area contributed by atoms with Gasteiger partial charge in [-0.3, -0.25) is 14.3 Å². The quantitative estimate of drug-likeness (QED) is 0.526. The first-order chi connectivity index (χ1) is 17.1. The lowest BCUT2D eigenvalue weighted by atomic mass is 10.1. The highest BCUT2D eigenvalue weighted by atomic mass is 19.4. The molecule has 0 spiro atoms. The summed E-state index contributed by atoms with van der Waals surface area (Å²) in [6.45, 7) is 5.99. The smallest absolute Gasteiger partial charge is 0.416 e. The van der Waals surface area contributed by atoms with E-state index in [0.29, 0.717) is 11.4 Å². The van der Waals surface area contributed by atoms with Crippen molar-refractivity contribution < 1.29 is 27.5 Å². The number of amides is 2. The first-order valence-corrected chi connectivity index (χ1v) is 11.1. The van der Waals surface area contributed by atoms with Crippen LogP contribution in [0.25, 0.3) is 0 Å². The van der Waals surface area contributed by atoms with Crippen molar-refractivity contribution in [1.82, 2.24) is 9.78 Å². The van der Waals surface area contributed by atoms with Crippen LogP contribution in [-0.2, 0) is 6.18 Å². The number of nitriles is 1. The summed E-state index contributed by atoms with van der Waals surface area (Å²) in [5, 5.41) is 16.1. The zero-order valence-electron chi connectivity index (χ0n) is 20.1. The van der Waals surface area contributed by atoms with Gasteiger partial charge in [-0.15, -0.1) is 0 Å². The average Bonchev–Trinajstić information content (AvgIpc) is 3.31. The Morgan fingerprint density at radius 3 is 2.44 bits per heavy atom. The van der Waals surface area contributed by atoms with Crippen LogP contribution in [0, 0.1) is 11.3 Å². The van der Waals surface area contributed by atoms with Crippen LogP contribution in [0.1, 0.15) is 58.8 Å². The number of hydrogen-bond donors (Lipinski definition) is 1. The molecule has 3 aromatic rings. The topological polar surface area (TPSA) is 100 Å². The minimum atomic E-state index is -4.49. The number of methoxy groups -OCH3 is 1. The van der Waals surface area contributed by atoms with Gasteiger partial charge in [0.15, 0.2) is 5.69 Å². The normalized spacial score (nSPS) is 14.8. The molecule has 11 heteroatoms. The number of nitrogens with zero attached hydrogens (tertiary/aromatic N) is 4. The number of hydrogen-bond acceptors (Lipinski definition) is 5. The first kappa shape index (κ1) is 26.3. The molecule has 188 valence electrons.